The van der Waals surface area contributed by atoms with Gasteiger partial charge < -0.3 is 11.1 Å². The Labute approximate surface area is 97.1 Å². The van der Waals surface area contributed by atoms with Gasteiger partial charge in [0.25, 0.3) is 5.91 Å². The van der Waals surface area contributed by atoms with Gasteiger partial charge >= 0.3 is 0 Å². The van der Waals surface area contributed by atoms with Crippen LogP contribution in [0.3, 0.4) is 0 Å². The molecule has 3 heterocycles. The number of carbonyl (C=O) groups is 1. The fourth-order valence-corrected chi connectivity index (χ4v) is 2.08. The number of fused-ring (bicyclic) bond motifs is 2. The maximum atomic E-state index is 11.7. The van der Waals surface area contributed by atoms with Crippen molar-refractivity contribution in [3.63, 3.8) is 0 Å². The third-order valence-electron chi connectivity index (χ3n) is 2.91. The zero-order valence-corrected chi connectivity index (χ0v) is 9.10. The Bertz CT molecular complexity index is 643. The van der Waals surface area contributed by atoms with Crippen LogP contribution in [0, 0.1) is 0 Å². The van der Waals surface area contributed by atoms with E-state index in [9.17, 15) is 4.79 Å². The van der Waals surface area contributed by atoms with E-state index < -0.39 is 0 Å². The summed E-state index contributed by atoms with van der Waals surface area (Å²) in [5, 5.41) is 7.53. The van der Waals surface area contributed by atoms with Crippen LogP contribution in [0.4, 0.5) is 5.69 Å². The normalized spacial score (nSPS) is 14.5. The summed E-state index contributed by atoms with van der Waals surface area (Å²) in [4.78, 5) is 16.2. The van der Waals surface area contributed by atoms with E-state index in [4.69, 9.17) is 5.73 Å². The number of amides is 1. The molecule has 0 saturated heterocycles. The number of hydrogen-bond donors (Lipinski definition) is 2. The summed E-state index contributed by atoms with van der Waals surface area (Å²) in [5.41, 5.74) is 8.30. The Morgan fingerprint density at radius 2 is 2.41 bits per heavy atom. The number of aromatic nitrogens is 3. The molecule has 2 aromatic heterocycles. The molecule has 0 saturated carbocycles. The highest BCUT2D eigenvalue weighted by Crippen LogP contribution is 2.27. The average Bonchev–Trinajstić information content (AvgIpc) is 2.72. The van der Waals surface area contributed by atoms with Crippen LogP contribution in [0.15, 0.2) is 12.8 Å². The molecule has 1 aliphatic heterocycles. The van der Waals surface area contributed by atoms with Crippen molar-refractivity contribution in [3.8, 4) is 0 Å². The van der Waals surface area contributed by atoms with Gasteiger partial charge in [0, 0.05) is 19.2 Å². The van der Waals surface area contributed by atoms with Gasteiger partial charge in [-0.1, -0.05) is 6.58 Å². The minimum absolute atomic E-state index is 0.162. The second kappa shape index (κ2) is 3.31. The third kappa shape index (κ3) is 1.24. The van der Waals surface area contributed by atoms with Crippen molar-refractivity contribution in [2.75, 3.05) is 12.3 Å². The minimum atomic E-state index is -0.162. The first-order valence-corrected chi connectivity index (χ1v) is 5.28. The molecule has 0 atom stereocenters. The predicted octanol–water partition coefficient (Wildman–Crippen LogP) is 0.400. The smallest absolute Gasteiger partial charge is 0.255 e. The summed E-state index contributed by atoms with van der Waals surface area (Å²) in [5.74, 6) is -0.162. The number of nitrogens with zero attached hydrogens (tertiary/aromatic N) is 3. The van der Waals surface area contributed by atoms with Crippen molar-refractivity contribution in [2.45, 2.75) is 6.42 Å². The fourth-order valence-electron chi connectivity index (χ4n) is 2.08. The lowest BCUT2D eigenvalue weighted by atomic mass is 10.0. The molecule has 3 rings (SSSR count). The molecular formula is C11H11N5O. The van der Waals surface area contributed by atoms with Gasteiger partial charge in [-0.3, -0.25) is 4.79 Å². The van der Waals surface area contributed by atoms with Crippen LogP contribution in [0.1, 0.15) is 16.1 Å². The maximum absolute atomic E-state index is 11.7. The molecule has 86 valence electrons. The highest BCUT2D eigenvalue weighted by Gasteiger charge is 2.24. The molecule has 0 spiro atoms. The van der Waals surface area contributed by atoms with Gasteiger partial charge in [-0.2, -0.15) is 5.10 Å². The summed E-state index contributed by atoms with van der Waals surface area (Å²) in [7, 11) is 0. The highest BCUT2D eigenvalue weighted by atomic mass is 16.1. The minimum Gasteiger partial charge on any atom is -0.397 e. The van der Waals surface area contributed by atoms with E-state index in [1.54, 1.807) is 17.1 Å². The van der Waals surface area contributed by atoms with Crippen molar-refractivity contribution in [1.29, 1.82) is 0 Å². The van der Waals surface area contributed by atoms with Gasteiger partial charge in [0.2, 0.25) is 0 Å². The first-order chi connectivity index (χ1) is 8.22. The number of nitrogens with one attached hydrogen (secondary N) is 1. The molecule has 0 fully saturated rings. The van der Waals surface area contributed by atoms with E-state index >= 15 is 0 Å². The number of anilines is 1. The summed E-state index contributed by atoms with van der Waals surface area (Å²) in [6, 6.07) is 0. The lowest BCUT2D eigenvalue weighted by Gasteiger charge is -2.17. The molecule has 17 heavy (non-hydrogen) atoms. The van der Waals surface area contributed by atoms with E-state index in [0.717, 1.165) is 5.69 Å². The molecule has 6 heteroatoms. The zero-order valence-electron chi connectivity index (χ0n) is 9.10. The predicted molar refractivity (Wildman–Crippen MR) is 64.4 cm³/mol. The summed E-state index contributed by atoms with van der Waals surface area (Å²) in [6.45, 7) is 4.24. The molecule has 0 unspecified atom stereocenters. The molecule has 6 nitrogen and oxygen atoms in total. The molecular weight excluding hydrogens is 218 g/mol. The molecule has 1 amide bonds. The molecule has 1 aliphatic rings. The number of hydrogen-bond acceptors (Lipinski definition) is 4. The second-order valence-corrected chi connectivity index (χ2v) is 3.86. The van der Waals surface area contributed by atoms with Gasteiger partial charge in [-0.25, -0.2) is 9.67 Å². The van der Waals surface area contributed by atoms with Crippen LogP contribution in [-0.2, 0) is 6.42 Å². The summed E-state index contributed by atoms with van der Waals surface area (Å²) in [6.07, 6.45) is 3.84. The SMILES string of the molecule is C=Cn1ncc2c(N)c3c(nc21)CCNC3=O. The maximum Gasteiger partial charge on any atom is 0.255 e. The quantitative estimate of drug-likeness (QED) is 0.741. The van der Waals surface area contributed by atoms with E-state index in [-0.39, 0.29) is 5.91 Å². The number of pyridine rings is 1. The average molecular weight is 229 g/mol. The van der Waals surface area contributed by atoms with E-state index in [2.05, 4.69) is 22.0 Å². The van der Waals surface area contributed by atoms with Crippen LogP contribution < -0.4 is 11.1 Å². The van der Waals surface area contributed by atoms with Crippen molar-refractivity contribution in [1.82, 2.24) is 20.1 Å². The number of carbonyl (C=O) groups excluding carboxylic acids is 1. The molecule has 0 aromatic carbocycles. The monoisotopic (exact) mass is 229 g/mol. The van der Waals surface area contributed by atoms with Crippen LogP contribution in [0.5, 0.6) is 0 Å². The van der Waals surface area contributed by atoms with Gasteiger partial charge in [0.05, 0.1) is 28.5 Å². The second-order valence-electron chi connectivity index (χ2n) is 3.86. The van der Waals surface area contributed by atoms with E-state index in [1.807, 2.05) is 0 Å². The Morgan fingerprint density at radius 1 is 1.59 bits per heavy atom. The molecule has 3 N–H and O–H groups in total. The van der Waals surface area contributed by atoms with E-state index in [1.165, 1.54) is 0 Å². The van der Waals surface area contributed by atoms with Gasteiger partial charge in [0.1, 0.15) is 0 Å². The Hall–Kier alpha value is -2.37. The number of nitrogens with two attached hydrogens (primary N) is 1. The molecule has 0 radical (unpaired) electrons. The van der Waals surface area contributed by atoms with Crippen LogP contribution in [0.2, 0.25) is 0 Å². The summed E-state index contributed by atoms with van der Waals surface area (Å²) >= 11 is 0. The molecule has 0 aliphatic carbocycles. The third-order valence-corrected chi connectivity index (χ3v) is 2.91. The highest BCUT2D eigenvalue weighted by molar-refractivity contribution is 6.07. The summed E-state index contributed by atoms with van der Waals surface area (Å²) < 4.78 is 1.55. The van der Waals surface area contributed by atoms with Crippen molar-refractivity contribution >= 4 is 28.8 Å². The van der Waals surface area contributed by atoms with E-state index in [0.29, 0.717) is 35.2 Å². The van der Waals surface area contributed by atoms with Gasteiger partial charge in [0.15, 0.2) is 5.65 Å². The van der Waals surface area contributed by atoms with Crippen molar-refractivity contribution in [3.05, 3.63) is 24.0 Å². The molecule has 2 aromatic rings. The number of nitrogen functional groups attached to an aromatic ring is 1. The largest absolute Gasteiger partial charge is 0.397 e. The zero-order chi connectivity index (χ0) is 12.0. The Balaban J connectivity index is 2.40. The van der Waals surface area contributed by atoms with Crippen LogP contribution in [0.25, 0.3) is 17.2 Å². The van der Waals surface area contributed by atoms with Gasteiger partial charge in [-0.15, -0.1) is 0 Å². The lowest BCUT2D eigenvalue weighted by molar-refractivity contribution is 0.0946. The van der Waals surface area contributed by atoms with Crippen molar-refractivity contribution < 1.29 is 4.79 Å². The topological polar surface area (TPSA) is 85.8 Å². The fraction of sp³-hybridized carbons (Fsp3) is 0.182. The molecule has 0 bridgehead atoms. The first kappa shape index (κ1) is 9.83. The standard InChI is InChI=1S/C11H11N5O/c1-2-16-10-6(5-14-16)9(12)8-7(15-10)3-4-13-11(8)17/h2,5H,1,3-4H2,(H2,12,15)(H,13,17). The van der Waals surface area contributed by atoms with Gasteiger partial charge in [-0.05, 0) is 0 Å². The Kier molecular flexibility index (Phi) is 1.91. The van der Waals surface area contributed by atoms with Crippen LogP contribution in [-0.4, -0.2) is 27.2 Å². The first-order valence-electron chi connectivity index (χ1n) is 5.28. The Morgan fingerprint density at radius 3 is 3.18 bits per heavy atom. The van der Waals surface area contributed by atoms with Crippen molar-refractivity contribution in [2.24, 2.45) is 0 Å². The lowest BCUT2D eigenvalue weighted by Crippen LogP contribution is -2.33. The number of rotatable bonds is 1. The van der Waals surface area contributed by atoms with Crippen LogP contribution >= 0.6 is 0 Å².